The Morgan fingerprint density at radius 1 is 1.17 bits per heavy atom. The Morgan fingerprint density at radius 3 is 2.52 bits per heavy atom. The van der Waals surface area contributed by atoms with E-state index in [1.807, 2.05) is 48.4 Å². The predicted molar refractivity (Wildman–Crippen MR) is 88.7 cm³/mol. The van der Waals surface area contributed by atoms with Crippen molar-refractivity contribution in [1.82, 2.24) is 9.91 Å². The molecule has 0 saturated carbocycles. The highest BCUT2D eigenvalue weighted by Gasteiger charge is 2.35. The Balaban J connectivity index is 1.64. The van der Waals surface area contributed by atoms with Gasteiger partial charge in [0.1, 0.15) is 0 Å². The molecular formula is C18H23N3O2. The number of likely N-dealkylation sites (tertiary alicyclic amines) is 1. The van der Waals surface area contributed by atoms with Crippen LogP contribution in [0.1, 0.15) is 44.2 Å². The van der Waals surface area contributed by atoms with Gasteiger partial charge in [-0.15, -0.1) is 0 Å². The van der Waals surface area contributed by atoms with Gasteiger partial charge in [0.05, 0.1) is 6.04 Å². The summed E-state index contributed by atoms with van der Waals surface area (Å²) in [5.74, 6) is 0.242. The summed E-state index contributed by atoms with van der Waals surface area (Å²) in [6, 6.07) is 10.1. The molecule has 122 valence electrons. The minimum atomic E-state index is -0.0302. The lowest BCUT2D eigenvalue weighted by Gasteiger charge is -2.33. The maximum atomic E-state index is 12.8. The minimum absolute atomic E-state index is 0.0130. The van der Waals surface area contributed by atoms with Crippen molar-refractivity contribution in [2.45, 2.75) is 38.6 Å². The molecule has 1 aromatic carbocycles. The summed E-state index contributed by atoms with van der Waals surface area (Å²) < 4.78 is 0. The van der Waals surface area contributed by atoms with Gasteiger partial charge in [0.25, 0.3) is 0 Å². The first-order chi connectivity index (χ1) is 11.2. The molecule has 2 aliphatic rings. The molecule has 1 saturated heterocycles. The molecule has 1 atom stereocenters. The third-order valence-electron chi connectivity index (χ3n) is 4.74. The lowest BCUT2D eigenvalue weighted by molar-refractivity contribution is -0.142. The second kappa shape index (κ2) is 6.94. The number of nitrogens with zero attached hydrogens (tertiary/aromatic N) is 3. The van der Waals surface area contributed by atoms with E-state index in [1.54, 1.807) is 5.01 Å². The van der Waals surface area contributed by atoms with E-state index in [2.05, 4.69) is 5.10 Å². The average Bonchev–Trinajstić information content (AvgIpc) is 3.11. The lowest BCUT2D eigenvalue weighted by atomic mass is 9.94. The van der Waals surface area contributed by atoms with Crippen LogP contribution < -0.4 is 0 Å². The van der Waals surface area contributed by atoms with Crippen molar-refractivity contribution < 1.29 is 9.59 Å². The van der Waals surface area contributed by atoms with Crippen LogP contribution in [0.25, 0.3) is 0 Å². The molecule has 0 aliphatic carbocycles. The smallest absolute Gasteiger partial charge is 0.246 e. The van der Waals surface area contributed by atoms with Crippen molar-refractivity contribution >= 4 is 18.0 Å². The van der Waals surface area contributed by atoms with Crippen LogP contribution >= 0.6 is 0 Å². The number of piperidine rings is 1. The van der Waals surface area contributed by atoms with Crippen molar-refractivity contribution in [3.8, 4) is 0 Å². The Labute approximate surface area is 137 Å². The zero-order valence-electron chi connectivity index (χ0n) is 13.5. The van der Waals surface area contributed by atoms with E-state index in [4.69, 9.17) is 0 Å². The van der Waals surface area contributed by atoms with Gasteiger partial charge in [0.15, 0.2) is 0 Å². The van der Waals surface area contributed by atoms with Gasteiger partial charge in [-0.2, -0.15) is 5.10 Å². The lowest BCUT2D eigenvalue weighted by Crippen LogP contribution is -2.43. The van der Waals surface area contributed by atoms with Gasteiger partial charge < -0.3 is 4.90 Å². The quantitative estimate of drug-likeness (QED) is 0.861. The van der Waals surface area contributed by atoms with Crippen molar-refractivity contribution in [1.29, 1.82) is 0 Å². The summed E-state index contributed by atoms with van der Waals surface area (Å²) in [5.41, 5.74) is 1.12. The Hall–Kier alpha value is -2.17. The molecule has 0 bridgehead atoms. The van der Waals surface area contributed by atoms with Crippen LogP contribution in [0.4, 0.5) is 0 Å². The van der Waals surface area contributed by atoms with Crippen molar-refractivity contribution in [3.63, 3.8) is 0 Å². The van der Waals surface area contributed by atoms with Gasteiger partial charge in [-0.25, -0.2) is 5.01 Å². The summed E-state index contributed by atoms with van der Waals surface area (Å²) in [7, 11) is 0. The number of carbonyl (C=O) groups excluding carboxylic acids is 2. The van der Waals surface area contributed by atoms with Crippen molar-refractivity contribution in [3.05, 3.63) is 35.9 Å². The molecule has 1 unspecified atom stereocenters. The molecule has 1 fully saturated rings. The van der Waals surface area contributed by atoms with Gasteiger partial charge in [0, 0.05) is 38.1 Å². The highest BCUT2D eigenvalue weighted by Crippen LogP contribution is 2.31. The van der Waals surface area contributed by atoms with E-state index in [0.717, 1.165) is 24.8 Å². The number of amides is 2. The zero-order valence-corrected chi connectivity index (χ0v) is 13.5. The van der Waals surface area contributed by atoms with Crippen LogP contribution in [-0.4, -0.2) is 41.0 Å². The topological polar surface area (TPSA) is 53.0 Å². The van der Waals surface area contributed by atoms with Gasteiger partial charge in [-0.05, 0) is 18.4 Å². The molecule has 5 heteroatoms. The summed E-state index contributed by atoms with van der Waals surface area (Å²) >= 11 is 0. The van der Waals surface area contributed by atoms with E-state index < -0.39 is 0 Å². The predicted octanol–water partition coefficient (Wildman–Crippen LogP) is 2.59. The second-order valence-electron chi connectivity index (χ2n) is 6.15. The van der Waals surface area contributed by atoms with E-state index in [9.17, 15) is 9.59 Å². The molecule has 0 spiro atoms. The number of hydrogen-bond donors (Lipinski definition) is 0. The SMILES string of the molecule is CCC(=O)N1CCC(C(=O)N2N=CCC2c2ccccc2)CC1. The molecule has 2 amide bonds. The standard InChI is InChI=1S/C18H23N3O2/c1-2-17(22)20-12-9-15(10-13-20)18(23)21-16(8-11-19-21)14-6-4-3-5-7-14/h3-7,11,15-16H,2,8-10,12-13H2,1H3. The van der Waals surface area contributed by atoms with Crippen LogP contribution in [0.5, 0.6) is 0 Å². The van der Waals surface area contributed by atoms with Crippen LogP contribution in [0.2, 0.25) is 0 Å². The Bertz CT molecular complexity index is 592. The fourth-order valence-corrected chi connectivity index (χ4v) is 3.36. The highest BCUT2D eigenvalue weighted by molar-refractivity contribution is 5.82. The van der Waals surface area contributed by atoms with E-state index in [-0.39, 0.29) is 23.8 Å². The summed E-state index contributed by atoms with van der Waals surface area (Å²) in [4.78, 5) is 26.4. The first-order valence-electron chi connectivity index (χ1n) is 8.39. The second-order valence-corrected chi connectivity index (χ2v) is 6.15. The molecule has 0 radical (unpaired) electrons. The first-order valence-corrected chi connectivity index (χ1v) is 8.39. The zero-order chi connectivity index (χ0) is 16.2. The van der Waals surface area contributed by atoms with Gasteiger partial charge in [-0.1, -0.05) is 37.3 Å². The summed E-state index contributed by atoms with van der Waals surface area (Å²) in [6.07, 6.45) is 4.59. The van der Waals surface area contributed by atoms with Gasteiger partial charge in [0.2, 0.25) is 11.8 Å². The van der Waals surface area contributed by atoms with Crippen LogP contribution in [0, 0.1) is 5.92 Å². The Kier molecular flexibility index (Phi) is 4.74. The summed E-state index contributed by atoms with van der Waals surface area (Å²) in [6.45, 7) is 3.23. The highest BCUT2D eigenvalue weighted by atomic mass is 16.2. The molecule has 2 heterocycles. The van der Waals surface area contributed by atoms with E-state index in [0.29, 0.717) is 19.5 Å². The van der Waals surface area contributed by atoms with E-state index in [1.165, 1.54) is 0 Å². The first kappa shape index (κ1) is 15.7. The fraction of sp³-hybridized carbons (Fsp3) is 0.500. The molecule has 0 N–H and O–H groups in total. The molecule has 23 heavy (non-hydrogen) atoms. The molecule has 5 nitrogen and oxygen atoms in total. The normalized spacial score (nSPS) is 21.7. The third-order valence-corrected chi connectivity index (χ3v) is 4.74. The number of hydrogen-bond acceptors (Lipinski definition) is 3. The number of hydrazone groups is 1. The molecular weight excluding hydrogens is 290 g/mol. The van der Waals surface area contributed by atoms with Gasteiger partial charge in [-0.3, -0.25) is 9.59 Å². The van der Waals surface area contributed by atoms with Crippen molar-refractivity contribution in [2.24, 2.45) is 11.0 Å². The fourth-order valence-electron chi connectivity index (χ4n) is 3.36. The van der Waals surface area contributed by atoms with Crippen LogP contribution in [-0.2, 0) is 9.59 Å². The number of rotatable bonds is 3. The van der Waals surface area contributed by atoms with Crippen LogP contribution in [0.3, 0.4) is 0 Å². The van der Waals surface area contributed by atoms with Crippen molar-refractivity contribution in [2.75, 3.05) is 13.1 Å². The molecule has 2 aliphatic heterocycles. The largest absolute Gasteiger partial charge is 0.343 e. The van der Waals surface area contributed by atoms with Crippen LogP contribution in [0.15, 0.2) is 35.4 Å². The number of benzene rings is 1. The number of carbonyl (C=O) groups is 2. The third kappa shape index (κ3) is 3.28. The average molecular weight is 313 g/mol. The minimum Gasteiger partial charge on any atom is -0.343 e. The molecule has 0 aromatic heterocycles. The maximum Gasteiger partial charge on any atom is 0.246 e. The van der Waals surface area contributed by atoms with E-state index >= 15 is 0 Å². The monoisotopic (exact) mass is 313 g/mol. The molecule has 3 rings (SSSR count). The maximum absolute atomic E-state index is 12.8. The summed E-state index contributed by atoms with van der Waals surface area (Å²) in [5, 5.41) is 5.97. The molecule has 1 aromatic rings. The van der Waals surface area contributed by atoms with Gasteiger partial charge >= 0.3 is 0 Å². The Morgan fingerprint density at radius 2 is 1.87 bits per heavy atom.